The second-order valence-electron chi connectivity index (χ2n) is 4.32. The molecule has 3 heteroatoms. The number of piperidine rings is 1. The van der Waals surface area contributed by atoms with E-state index in [-0.39, 0.29) is 18.4 Å². The Morgan fingerprint density at radius 1 is 1.38 bits per heavy atom. The van der Waals surface area contributed by atoms with Crippen molar-refractivity contribution in [1.29, 1.82) is 0 Å². The molecule has 1 fully saturated rings. The highest BCUT2D eigenvalue weighted by molar-refractivity contribution is 5.78. The summed E-state index contributed by atoms with van der Waals surface area (Å²) < 4.78 is 0. The number of carbonyl (C=O) groups is 1. The number of nitrogens with zero attached hydrogens (tertiary/aromatic N) is 1. The van der Waals surface area contributed by atoms with Gasteiger partial charge in [-0.1, -0.05) is 30.3 Å². The largest absolute Gasteiger partial charge is 0.393 e. The third kappa shape index (κ3) is 2.25. The van der Waals surface area contributed by atoms with Crippen LogP contribution in [0.5, 0.6) is 0 Å². The first-order valence-corrected chi connectivity index (χ1v) is 5.71. The van der Waals surface area contributed by atoms with E-state index in [4.69, 9.17) is 0 Å². The van der Waals surface area contributed by atoms with Crippen molar-refractivity contribution in [1.82, 2.24) is 4.90 Å². The van der Waals surface area contributed by atoms with E-state index in [2.05, 4.69) is 0 Å². The van der Waals surface area contributed by atoms with Gasteiger partial charge in [0.1, 0.15) is 0 Å². The highest BCUT2D eigenvalue weighted by atomic mass is 16.3. The van der Waals surface area contributed by atoms with Crippen LogP contribution in [0.3, 0.4) is 0 Å². The van der Waals surface area contributed by atoms with E-state index in [1.54, 1.807) is 0 Å². The van der Waals surface area contributed by atoms with E-state index in [0.29, 0.717) is 13.0 Å². The fourth-order valence-electron chi connectivity index (χ4n) is 2.15. The first-order valence-electron chi connectivity index (χ1n) is 5.71. The first-order chi connectivity index (χ1) is 7.68. The third-order valence-corrected chi connectivity index (χ3v) is 3.18. The molecule has 1 N–H and O–H groups in total. The van der Waals surface area contributed by atoms with Crippen LogP contribution in [0.25, 0.3) is 0 Å². The summed E-state index contributed by atoms with van der Waals surface area (Å²) in [4.78, 5) is 13.6. The van der Waals surface area contributed by atoms with Crippen LogP contribution in [0.15, 0.2) is 30.3 Å². The maximum absolute atomic E-state index is 11.8. The van der Waals surface area contributed by atoms with Gasteiger partial charge in [0.2, 0.25) is 5.91 Å². The summed E-state index contributed by atoms with van der Waals surface area (Å²) in [5, 5.41) is 9.40. The standard InChI is InChI=1S/C13H17NO2/c1-10(11-5-3-2-4-6-11)14-8-7-12(15)9-13(14)16/h2-6,10,12,15H,7-9H2,1H3. The number of carbonyl (C=O) groups excluding carboxylic acids is 1. The molecule has 1 aliphatic rings. The van der Waals surface area contributed by atoms with Gasteiger partial charge >= 0.3 is 0 Å². The van der Waals surface area contributed by atoms with Crippen molar-refractivity contribution in [3.05, 3.63) is 35.9 Å². The Morgan fingerprint density at radius 3 is 2.69 bits per heavy atom. The zero-order valence-electron chi connectivity index (χ0n) is 9.47. The molecular weight excluding hydrogens is 202 g/mol. The smallest absolute Gasteiger partial charge is 0.225 e. The van der Waals surface area contributed by atoms with Gasteiger partial charge in [-0.15, -0.1) is 0 Å². The zero-order valence-corrected chi connectivity index (χ0v) is 9.47. The number of hydrogen-bond donors (Lipinski definition) is 1. The molecule has 16 heavy (non-hydrogen) atoms. The normalized spacial score (nSPS) is 23.2. The van der Waals surface area contributed by atoms with E-state index in [1.807, 2.05) is 42.2 Å². The minimum atomic E-state index is -0.452. The topological polar surface area (TPSA) is 40.5 Å². The molecule has 0 spiro atoms. The van der Waals surface area contributed by atoms with E-state index in [9.17, 15) is 9.90 Å². The lowest BCUT2D eigenvalue weighted by atomic mass is 10.0. The van der Waals surface area contributed by atoms with Gasteiger partial charge in [-0.05, 0) is 18.9 Å². The van der Waals surface area contributed by atoms with Crippen LogP contribution in [0.2, 0.25) is 0 Å². The monoisotopic (exact) mass is 219 g/mol. The molecular formula is C13H17NO2. The lowest BCUT2D eigenvalue weighted by Crippen LogP contribution is -2.42. The molecule has 0 bridgehead atoms. The fourth-order valence-corrected chi connectivity index (χ4v) is 2.15. The molecule has 0 aliphatic carbocycles. The molecule has 1 aromatic rings. The lowest BCUT2D eigenvalue weighted by Gasteiger charge is -2.34. The molecule has 1 amide bonds. The van der Waals surface area contributed by atoms with Gasteiger partial charge in [0.25, 0.3) is 0 Å². The van der Waals surface area contributed by atoms with Crippen LogP contribution in [0.1, 0.15) is 31.4 Å². The number of hydrogen-bond acceptors (Lipinski definition) is 2. The Balaban J connectivity index is 2.10. The van der Waals surface area contributed by atoms with Gasteiger partial charge in [0.15, 0.2) is 0 Å². The van der Waals surface area contributed by atoms with Crippen LogP contribution in [0.4, 0.5) is 0 Å². The molecule has 1 saturated heterocycles. The molecule has 2 rings (SSSR count). The minimum absolute atomic E-state index is 0.0510. The molecule has 0 aromatic heterocycles. The average molecular weight is 219 g/mol. The molecule has 1 aliphatic heterocycles. The highest BCUT2D eigenvalue weighted by Gasteiger charge is 2.28. The maximum Gasteiger partial charge on any atom is 0.225 e. The van der Waals surface area contributed by atoms with E-state index < -0.39 is 6.10 Å². The van der Waals surface area contributed by atoms with Gasteiger partial charge in [-0.3, -0.25) is 4.79 Å². The van der Waals surface area contributed by atoms with Crippen molar-refractivity contribution in [2.75, 3.05) is 6.54 Å². The van der Waals surface area contributed by atoms with Crippen molar-refractivity contribution >= 4 is 5.91 Å². The van der Waals surface area contributed by atoms with Crippen molar-refractivity contribution in [2.24, 2.45) is 0 Å². The summed E-state index contributed by atoms with van der Waals surface area (Å²) in [6.45, 7) is 2.68. The minimum Gasteiger partial charge on any atom is -0.393 e. The summed E-state index contributed by atoms with van der Waals surface area (Å²) in [7, 11) is 0. The number of rotatable bonds is 2. The van der Waals surface area contributed by atoms with Gasteiger partial charge < -0.3 is 10.0 Å². The lowest BCUT2D eigenvalue weighted by molar-refractivity contribution is -0.139. The number of aliphatic hydroxyl groups is 1. The van der Waals surface area contributed by atoms with Crippen LogP contribution < -0.4 is 0 Å². The van der Waals surface area contributed by atoms with Crippen molar-refractivity contribution < 1.29 is 9.90 Å². The number of aliphatic hydroxyl groups excluding tert-OH is 1. The summed E-state index contributed by atoms with van der Waals surface area (Å²) in [6.07, 6.45) is 0.492. The van der Waals surface area contributed by atoms with E-state index in [0.717, 1.165) is 5.56 Å². The molecule has 0 radical (unpaired) electrons. The van der Waals surface area contributed by atoms with Crippen LogP contribution in [-0.2, 0) is 4.79 Å². The van der Waals surface area contributed by atoms with Gasteiger partial charge in [0.05, 0.1) is 18.6 Å². The van der Waals surface area contributed by atoms with Crippen molar-refractivity contribution in [3.63, 3.8) is 0 Å². The number of amides is 1. The Bertz CT molecular complexity index is 363. The van der Waals surface area contributed by atoms with Gasteiger partial charge in [0, 0.05) is 6.54 Å². The molecule has 2 atom stereocenters. The van der Waals surface area contributed by atoms with Crippen molar-refractivity contribution in [2.45, 2.75) is 31.9 Å². The summed E-state index contributed by atoms with van der Waals surface area (Å²) in [5.74, 6) is 0.0510. The molecule has 3 nitrogen and oxygen atoms in total. The Kier molecular flexibility index (Phi) is 3.25. The highest BCUT2D eigenvalue weighted by Crippen LogP contribution is 2.24. The zero-order chi connectivity index (χ0) is 11.5. The molecule has 2 unspecified atom stereocenters. The second-order valence-corrected chi connectivity index (χ2v) is 4.32. The summed E-state index contributed by atoms with van der Waals surface area (Å²) >= 11 is 0. The maximum atomic E-state index is 11.8. The fraction of sp³-hybridized carbons (Fsp3) is 0.462. The third-order valence-electron chi connectivity index (χ3n) is 3.18. The number of benzene rings is 1. The van der Waals surface area contributed by atoms with E-state index >= 15 is 0 Å². The van der Waals surface area contributed by atoms with Crippen molar-refractivity contribution in [3.8, 4) is 0 Å². The Labute approximate surface area is 95.7 Å². The quantitative estimate of drug-likeness (QED) is 0.823. The Morgan fingerprint density at radius 2 is 2.06 bits per heavy atom. The predicted octanol–water partition coefficient (Wildman–Crippen LogP) is 1.73. The van der Waals surface area contributed by atoms with Gasteiger partial charge in [-0.25, -0.2) is 0 Å². The Hall–Kier alpha value is -1.35. The predicted molar refractivity (Wildman–Crippen MR) is 61.8 cm³/mol. The van der Waals surface area contributed by atoms with Gasteiger partial charge in [-0.2, -0.15) is 0 Å². The van der Waals surface area contributed by atoms with E-state index in [1.165, 1.54) is 0 Å². The first kappa shape index (κ1) is 11.1. The molecule has 0 saturated carbocycles. The molecule has 1 heterocycles. The average Bonchev–Trinajstić information content (AvgIpc) is 2.29. The van der Waals surface area contributed by atoms with Crippen LogP contribution in [0, 0.1) is 0 Å². The SMILES string of the molecule is CC(c1ccccc1)N1CCC(O)CC1=O. The van der Waals surface area contributed by atoms with Crippen LogP contribution >= 0.6 is 0 Å². The molecule has 86 valence electrons. The molecule has 1 aromatic carbocycles. The summed E-state index contributed by atoms with van der Waals surface area (Å²) in [5.41, 5.74) is 1.15. The summed E-state index contributed by atoms with van der Waals surface area (Å²) in [6, 6.07) is 10.1. The second kappa shape index (κ2) is 4.66. The van der Waals surface area contributed by atoms with Crippen LogP contribution in [-0.4, -0.2) is 28.6 Å². The number of likely N-dealkylation sites (tertiary alicyclic amines) is 1.